The summed E-state index contributed by atoms with van der Waals surface area (Å²) in [5.41, 5.74) is 13.2. The van der Waals surface area contributed by atoms with Crippen LogP contribution in [0.15, 0.2) is 30.5 Å². The topological polar surface area (TPSA) is 204 Å². The lowest BCUT2D eigenvalue weighted by Crippen LogP contribution is -2.58. The van der Waals surface area contributed by atoms with Gasteiger partial charge in [-0.15, -0.1) is 0 Å². The van der Waals surface area contributed by atoms with E-state index in [9.17, 15) is 29.4 Å². The summed E-state index contributed by atoms with van der Waals surface area (Å²) >= 11 is 0. The highest BCUT2D eigenvalue weighted by Crippen LogP contribution is 2.20. The van der Waals surface area contributed by atoms with Gasteiger partial charge in [0, 0.05) is 30.1 Å². The van der Waals surface area contributed by atoms with E-state index < -0.39 is 54.5 Å². The molecule has 0 spiro atoms. The molecule has 2 aromatic rings. The number of carboxylic acids is 1. The van der Waals surface area contributed by atoms with E-state index in [-0.39, 0.29) is 13.0 Å². The number of H-pyrrole nitrogens is 1. The van der Waals surface area contributed by atoms with Crippen molar-refractivity contribution in [2.75, 3.05) is 19.7 Å². The predicted octanol–water partition coefficient (Wildman–Crippen LogP) is -0.796. The summed E-state index contributed by atoms with van der Waals surface area (Å²) in [6.07, 6.45) is 4.43. The highest BCUT2D eigenvalue weighted by Gasteiger charge is 2.38. The number of benzene rings is 1. The summed E-state index contributed by atoms with van der Waals surface area (Å²) in [6, 6.07) is 3.19. The van der Waals surface area contributed by atoms with Crippen LogP contribution in [0.25, 0.3) is 10.9 Å². The third-order valence-corrected chi connectivity index (χ3v) is 6.66. The number of carbonyl (C=O) groups excluding carboxylic acids is 3. The molecule has 0 aliphatic carbocycles. The van der Waals surface area contributed by atoms with Crippen molar-refractivity contribution < 1.29 is 29.4 Å². The van der Waals surface area contributed by atoms with Crippen molar-refractivity contribution in [3.8, 4) is 0 Å². The lowest BCUT2D eigenvalue weighted by molar-refractivity contribution is -0.150. The number of nitrogens with two attached hydrogens (primary N) is 2. The number of aliphatic carboxylic acids is 1. The molecule has 0 saturated carbocycles. The molecule has 9 N–H and O–H groups in total. The highest BCUT2D eigenvalue weighted by molar-refractivity contribution is 5.95. The SMILES string of the molecule is NCCCCC(N)C(=O)NC(Cc1c[nH]c2ccccc12)C(=O)NC(CO)C(=O)N1CCCC1C(=O)O. The van der Waals surface area contributed by atoms with E-state index in [0.29, 0.717) is 38.6 Å². The van der Waals surface area contributed by atoms with Gasteiger partial charge in [0.2, 0.25) is 17.7 Å². The number of hydrogen-bond donors (Lipinski definition) is 7. The first-order chi connectivity index (χ1) is 17.8. The Bertz CT molecular complexity index is 1100. The molecule has 3 amide bonds. The lowest BCUT2D eigenvalue weighted by Gasteiger charge is -2.28. The Morgan fingerprint density at radius 2 is 1.84 bits per heavy atom. The van der Waals surface area contributed by atoms with Gasteiger partial charge in [-0.2, -0.15) is 0 Å². The van der Waals surface area contributed by atoms with Crippen LogP contribution in [-0.2, 0) is 25.6 Å². The zero-order chi connectivity index (χ0) is 26.9. The van der Waals surface area contributed by atoms with Gasteiger partial charge in [-0.05, 0) is 43.9 Å². The fourth-order valence-electron chi connectivity index (χ4n) is 4.59. The standard InChI is InChI=1S/C25H36N6O6/c26-10-4-3-7-17(27)22(33)29-19(12-15-13-28-18-8-2-1-6-16(15)18)23(34)30-20(14-32)24(35)31-11-5-9-21(31)25(36)37/h1-2,6,8,13,17,19-21,28,32H,3-5,7,9-12,14,26-27H2,(H,29,33)(H,30,34)(H,36,37). The third kappa shape index (κ3) is 7.06. The summed E-state index contributed by atoms with van der Waals surface area (Å²) in [4.78, 5) is 54.9. The molecule has 202 valence electrons. The summed E-state index contributed by atoms with van der Waals surface area (Å²) in [5.74, 6) is -3.03. The predicted molar refractivity (Wildman–Crippen MR) is 136 cm³/mol. The molecule has 12 heteroatoms. The number of nitrogens with one attached hydrogen (secondary N) is 3. The second kappa shape index (κ2) is 13.2. The van der Waals surface area contributed by atoms with Crippen molar-refractivity contribution in [2.45, 2.75) is 62.7 Å². The molecule has 1 fully saturated rings. The van der Waals surface area contributed by atoms with Crippen LogP contribution in [0.3, 0.4) is 0 Å². The molecule has 4 atom stereocenters. The van der Waals surface area contributed by atoms with E-state index >= 15 is 0 Å². The molecule has 1 aromatic carbocycles. The molecule has 0 radical (unpaired) electrons. The summed E-state index contributed by atoms with van der Waals surface area (Å²) in [5, 5.41) is 25.3. The Balaban J connectivity index is 1.77. The molecule has 0 bridgehead atoms. The fourth-order valence-corrected chi connectivity index (χ4v) is 4.59. The molecular weight excluding hydrogens is 480 g/mol. The third-order valence-electron chi connectivity index (χ3n) is 6.66. The molecule has 1 saturated heterocycles. The zero-order valence-corrected chi connectivity index (χ0v) is 20.7. The number of carbonyl (C=O) groups is 4. The number of carboxylic acid groups (broad SMARTS) is 1. The van der Waals surface area contributed by atoms with Crippen molar-refractivity contribution in [1.29, 1.82) is 0 Å². The van der Waals surface area contributed by atoms with Gasteiger partial charge < -0.3 is 42.2 Å². The Labute approximate surface area is 214 Å². The number of unbranched alkanes of at least 4 members (excludes halogenated alkanes) is 1. The van der Waals surface area contributed by atoms with Crippen molar-refractivity contribution in [2.24, 2.45) is 11.5 Å². The van der Waals surface area contributed by atoms with Gasteiger partial charge in [0.1, 0.15) is 18.1 Å². The summed E-state index contributed by atoms with van der Waals surface area (Å²) in [6.45, 7) is -0.0225. The van der Waals surface area contributed by atoms with Crippen molar-refractivity contribution in [3.63, 3.8) is 0 Å². The number of aliphatic hydroxyl groups is 1. The maximum Gasteiger partial charge on any atom is 0.326 e. The minimum atomic E-state index is -1.35. The number of amides is 3. The average molecular weight is 517 g/mol. The smallest absolute Gasteiger partial charge is 0.326 e. The largest absolute Gasteiger partial charge is 0.480 e. The van der Waals surface area contributed by atoms with Crippen LogP contribution in [0.4, 0.5) is 0 Å². The second-order valence-electron chi connectivity index (χ2n) is 9.29. The van der Waals surface area contributed by atoms with Crippen LogP contribution >= 0.6 is 0 Å². The second-order valence-corrected chi connectivity index (χ2v) is 9.29. The Morgan fingerprint density at radius 1 is 1.11 bits per heavy atom. The monoisotopic (exact) mass is 516 g/mol. The van der Waals surface area contributed by atoms with Crippen LogP contribution < -0.4 is 22.1 Å². The van der Waals surface area contributed by atoms with E-state index in [0.717, 1.165) is 21.4 Å². The van der Waals surface area contributed by atoms with E-state index in [2.05, 4.69) is 15.6 Å². The maximum absolute atomic E-state index is 13.3. The fraction of sp³-hybridized carbons (Fsp3) is 0.520. The molecule has 3 rings (SSSR count). The maximum atomic E-state index is 13.3. The quantitative estimate of drug-likeness (QED) is 0.168. The Kier molecular flexibility index (Phi) is 10.0. The molecule has 1 aliphatic heterocycles. The first-order valence-electron chi connectivity index (χ1n) is 12.5. The molecule has 37 heavy (non-hydrogen) atoms. The van der Waals surface area contributed by atoms with E-state index in [1.165, 1.54) is 0 Å². The minimum Gasteiger partial charge on any atom is -0.480 e. The normalized spacial score (nSPS) is 17.8. The highest BCUT2D eigenvalue weighted by atomic mass is 16.4. The van der Waals surface area contributed by atoms with Gasteiger partial charge in [0.25, 0.3) is 0 Å². The molecule has 2 heterocycles. The van der Waals surface area contributed by atoms with Crippen LogP contribution in [0.1, 0.15) is 37.7 Å². The first kappa shape index (κ1) is 28.1. The molecule has 1 aromatic heterocycles. The minimum absolute atomic E-state index is 0.102. The van der Waals surface area contributed by atoms with Crippen molar-refractivity contribution in [3.05, 3.63) is 36.0 Å². The van der Waals surface area contributed by atoms with Gasteiger partial charge in [-0.25, -0.2) is 4.79 Å². The summed E-state index contributed by atoms with van der Waals surface area (Å²) in [7, 11) is 0. The number of fused-ring (bicyclic) bond motifs is 1. The van der Waals surface area contributed by atoms with Crippen LogP contribution in [-0.4, -0.2) is 87.7 Å². The number of hydrogen-bond acceptors (Lipinski definition) is 7. The first-order valence-corrected chi connectivity index (χ1v) is 12.5. The number of rotatable bonds is 13. The van der Waals surface area contributed by atoms with Crippen LogP contribution in [0, 0.1) is 0 Å². The number of likely N-dealkylation sites (tertiary alicyclic amines) is 1. The average Bonchev–Trinajstić information content (AvgIpc) is 3.54. The number of nitrogens with zero attached hydrogens (tertiary/aromatic N) is 1. The van der Waals surface area contributed by atoms with Crippen molar-refractivity contribution in [1.82, 2.24) is 20.5 Å². The number of para-hydroxylation sites is 1. The van der Waals surface area contributed by atoms with Crippen molar-refractivity contribution >= 4 is 34.6 Å². The summed E-state index contributed by atoms with van der Waals surface area (Å²) < 4.78 is 0. The zero-order valence-electron chi connectivity index (χ0n) is 20.7. The van der Waals surface area contributed by atoms with E-state index in [4.69, 9.17) is 11.5 Å². The molecule has 12 nitrogen and oxygen atoms in total. The van der Waals surface area contributed by atoms with Crippen LogP contribution in [0.2, 0.25) is 0 Å². The van der Waals surface area contributed by atoms with Gasteiger partial charge in [0.15, 0.2) is 0 Å². The molecule has 4 unspecified atom stereocenters. The number of aliphatic hydroxyl groups excluding tert-OH is 1. The Hall–Kier alpha value is -3.48. The van der Waals surface area contributed by atoms with Gasteiger partial charge in [-0.3, -0.25) is 14.4 Å². The molecule has 1 aliphatic rings. The van der Waals surface area contributed by atoms with Crippen LogP contribution in [0.5, 0.6) is 0 Å². The molecular formula is C25H36N6O6. The van der Waals surface area contributed by atoms with Gasteiger partial charge >= 0.3 is 5.97 Å². The Morgan fingerprint density at radius 3 is 2.54 bits per heavy atom. The number of aromatic amines is 1. The van der Waals surface area contributed by atoms with Gasteiger partial charge in [0.05, 0.1) is 12.6 Å². The van der Waals surface area contributed by atoms with E-state index in [1.807, 2.05) is 24.3 Å². The van der Waals surface area contributed by atoms with E-state index in [1.54, 1.807) is 6.20 Å². The van der Waals surface area contributed by atoms with Gasteiger partial charge in [-0.1, -0.05) is 24.6 Å². The lowest BCUT2D eigenvalue weighted by atomic mass is 10.0. The number of aromatic nitrogens is 1.